The molecule has 0 amide bonds. The Morgan fingerprint density at radius 3 is 1.49 bits per heavy atom. The Morgan fingerprint density at radius 2 is 0.946 bits per heavy atom. The summed E-state index contributed by atoms with van der Waals surface area (Å²) in [6, 6.07) is 0. The summed E-state index contributed by atoms with van der Waals surface area (Å²) in [6.07, 6.45) is 0. The third-order valence-corrected chi connectivity index (χ3v) is 12.0. The molecule has 0 aliphatic carbocycles. The lowest BCUT2D eigenvalue weighted by molar-refractivity contribution is -0.274. The molecule has 0 spiro atoms. The highest BCUT2D eigenvalue weighted by atomic mass is 32.2. The lowest BCUT2D eigenvalue weighted by atomic mass is 10.7. The summed E-state index contributed by atoms with van der Waals surface area (Å²) in [6.45, 7) is 0.251. The molecule has 0 aromatic carbocycles. The van der Waals surface area contributed by atoms with E-state index in [2.05, 4.69) is 0 Å². The van der Waals surface area contributed by atoms with Crippen molar-refractivity contribution in [1.29, 1.82) is 0 Å². The summed E-state index contributed by atoms with van der Waals surface area (Å²) >= 11 is 12.5. The molecule has 0 radical (unpaired) electrons. The quantitative estimate of drug-likeness (QED) is 0.0313. The minimum Gasteiger partial charge on any atom is -0.463 e. The number of carbonyl (C=O) groups excluding carboxylic acids is 3. The average molecular weight is 679 g/mol. The average Bonchev–Trinajstić information content (AvgIpc) is 2.89. The molecular formula is C19H34O10S8. The number of esters is 3. The van der Waals surface area contributed by atoms with Crippen molar-refractivity contribution in [3.05, 3.63) is 0 Å². The second kappa shape index (κ2) is 31.6. The van der Waals surface area contributed by atoms with Gasteiger partial charge in [0.05, 0.1) is 37.1 Å². The van der Waals surface area contributed by atoms with Gasteiger partial charge in [-0.3, -0.25) is 14.4 Å². The predicted molar refractivity (Wildman–Crippen MR) is 163 cm³/mol. The summed E-state index contributed by atoms with van der Waals surface area (Å²) < 4.78 is 14.7. The van der Waals surface area contributed by atoms with E-state index in [1.165, 1.54) is 58.8 Å². The maximum atomic E-state index is 11.7. The molecule has 18 heteroatoms. The van der Waals surface area contributed by atoms with E-state index in [9.17, 15) is 14.4 Å². The Hall–Kier alpha value is 1.05. The number of hydrogen-bond acceptors (Lipinski definition) is 18. The molecule has 0 saturated heterocycles. The number of aliphatic hydroxyl groups is 2. The summed E-state index contributed by atoms with van der Waals surface area (Å²) in [5, 5.41) is 21.0. The van der Waals surface area contributed by atoms with Gasteiger partial charge in [0.1, 0.15) is 25.1 Å². The second-order valence-electron chi connectivity index (χ2n) is 5.94. The molecule has 0 rings (SSSR count). The fourth-order valence-corrected chi connectivity index (χ4v) is 9.06. The Balaban J connectivity index is 3.22. The standard InChI is InChI=1S/C19H34O10S8/c20-1-3-25-17(22)7-31-13-36-12-30-6-5-28-29-11-35-16-34-10-27-19(24)9-33-15-37-14-32-8-18(23)26-4-2-21/h20-21H,1-16H2. The molecule has 0 fully saturated rings. The summed E-state index contributed by atoms with van der Waals surface area (Å²) in [4.78, 5) is 44.3. The third kappa shape index (κ3) is 31.4. The van der Waals surface area contributed by atoms with Crippen LogP contribution in [0.5, 0.6) is 0 Å². The number of thioether (sulfide) groups is 8. The molecule has 37 heavy (non-hydrogen) atoms. The van der Waals surface area contributed by atoms with E-state index in [-0.39, 0.29) is 55.8 Å². The van der Waals surface area contributed by atoms with Gasteiger partial charge >= 0.3 is 17.9 Å². The predicted octanol–water partition coefficient (Wildman–Crippen LogP) is 3.12. The Bertz CT molecular complexity index is 565. The van der Waals surface area contributed by atoms with Crippen molar-refractivity contribution < 1.29 is 48.6 Å². The van der Waals surface area contributed by atoms with Crippen LogP contribution in [-0.4, -0.2) is 121 Å². The van der Waals surface area contributed by atoms with Crippen LogP contribution in [0.1, 0.15) is 0 Å². The number of rotatable bonds is 28. The van der Waals surface area contributed by atoms with E-state index in [0.29, 0.717) is 29.3 Å². The van der Waals surface area contributed by atoms with E-state index in [1.807, 2.05) is 0 Å². The molecule has 0 aromatic heterocycles. The minimum absolute atomic E-state index is 0.0300. The van der Waals surface area contributed by atoms with E-state index in [0.717, 1.165) is 26.1 Å². The van der Waals surface area contributed by atoms with Gasteiger partial charge in [0, 0.05) is 31.2 Å². The van der Waals surface area contributed by atoms with Crippen molar-refractivity contribution in [2.24, 2.45) is 0 Å². The van der Waals surface area contributed by atoms with Crippen LogP contribution in [0.4, 0.5) is 0 Å². The first-order chi connectivity index (χ1) is 18.1. The smallest absolute Gasteiger partial charge is 0.316 e. The van der Waals surface area contributed by atoms with E-state index < -0.39 is 0 Å². The molecule has 0 aliphatic rings. The first kappa shape index (κ1) is 38.0. The van der Waals surface area contributed by atoms with Gasteiger partial charge in [-0.1, -0.05) is 0 Å². The monoisotopic (exact) mass is 678 g/mol. The second-order valence-corrected chi connectivity index (χ2v) is 15.7. The molecule has 0 heterocycles. The van der Waals surface area contributed by atoms with Gasteiger partial charge in [-0.2, -0.15) is 0 Å². The Labute approximate surface area is 252 Å². The fourth-order valence-electron chi connectivity index (χ4n) is 1.64. The highest BCUT2D eigenvalue weighted by molar-refractivity contribution is 8.23. The van der Waals surface area contributed by atoms with Crippen LogP contribution in [0.3, 0.4) is 0 Å². The summed E-state index contributed by atoms with van der Waals surface area (Å²) in [5.74, 6) is 1.44. The van der Waals surface area contributed by atoms with Crippen LogP contribution >= 0.6 is 94.1 Å². The molecule has 0 saturated carbocycles. The van der Waals surface area contributed by atoms with Crippen molar-refractivity contribution >= 4 is 112 Å². The minimum atomic E-state index is -0.336. The van der Waals surface area contributed by atoms with E-state index >= 15 is 0 Å². The van der Waals surface area contributed by atoms with Crippen LogP contribution < -0.4 is 0 Å². The van der Waals surface area contributed by atoms with Gasteiger partial charge in [-0.15, -0.1) is 94.1 Å². The molecule has 0 aromatic rings. The van der Waals surface area contributed by atoms with Crippen molar-refractivity contribution in [3.63, 3.8) is 0 Å². The van der Waals surface area contributed by atoms with E-state index in [4.69, 9.17) is 34.2 Å². The molecule has 0 atom stereocenters. The van der Waals surface area contributed by atoms with Gasteiger partial charge < -0.3 is 24.4 Å². The highest BCUT2D eigenvalue weighted by Gasteiger charge is 2.05. The lowest BCUT2D eigenvalue weighted by Crippen LogP contribution is -2.10. The topological polar surface area (TPSA) is 138 Å². The van der Waals surface area contributed by atoms with Crippen LogP contribution in [0.2, 0.25) is 0 Å². The maximum absolute atomic E-state index is 11.7. The molecule has 10 nitrogen and oxygen atoms in total. The summed E-state index contributed by atoms with van der Waals surface area (Å²) in [5.41, 5.74) is 0. The molecule has 0 unspecified atom stereocenters. The van der Waals surface area contributed by atoms with Gasteiger partial charge in [0.25, 0.3) is 0 Å². The van der Waals surface area contributed by atoms with Crippen LogP contribution in [0.25, 0.3) is 0 Å². The van der Waals surface area contributed by atoms with Crippen molar-refractivity contribution in [1.82, 2.24) is 0 Å². The van der Waals surface area contributed by atoms with Gasteiger partial charge in [0.15, 0.2) is 0 Å². The lowest BCUT2D eigenvalue weighted by Gasteiger charge is -2.06. The SMILES string of the molecule is O=C(CSCSCSCCOOCSCSCOC(=O)CSCSCSCC(=O)OCCO)OCCO. The Morgan fingerprint density at radius 1 is 0.486 bits per heavy atom. The zero-order valence-electron chi connectivity index (χ0n) is 20.2. The van der Waals surface area contributed by atoms with E-state index in [1.54, 1.807) is 35.3 Å². The normalized spacial score (nSPS) is 10.9. The zero-order chi connectivity index (χ0) is 27.2. The Kier molecular flexibility index (Phi) is 32.5. The first-order valence-electron chi connectivity index (χ1n) is 10.6. The molecule has 218 valence electrons. The maximum Gasteiger partial charge on any atom is 0.316 e. The number of carbonyl (C=O) groups is 3. The third-order valence-electron chi connectivity index (χ3n) is 3.03. The van der Waals surface area contributed by atoms with Gasteiger partial charge in [-0.25, -0.2) is 9.78 Å². The number of hydrogen-bond donors (Lipinski definition) is 2. The van der Waals surface area contributed by atoms with Gasteiger partial charge in [0.2, 0.25) is 0 Å². The largest absolute Gasteiger partial charge is 0.463 e. The highest BCUT2D eigenvalue weighted by Crippen LogP contribution is 2.19. The first-order valence-corrected chi connectivity index (χ1v) is 19.9. The zero-order valence-corrected chi connectivity index (χ0v) is 26.8. The fraction of sp³-hybridized carbons (Fsp3) is 0.842. The number of aliphatic hydroxyl groups excluding tert-OH is 2. The molecular weight excluding hydrogens is 645 g/mol. The molecule has 0 aliphatic heterocycles. The molecule has 2 N–H and O–H groups in total. The molecule has 0 bridgehead atoms. The van der Waals surface area contributed by atoms with Crippen LogP contribution in [0.15, 0.2) is 0 Å². The number of ether oxygens (including phenoxy) is 3. The van der Waals surface area contributed by atoms with Crippen molar-refractivity contribution in [2.45, 2.75) is 0 Å². The summed E-state index contributed by atoms with van der Waals surface area (Å²) in [7, 11) is 0. The van der Waals surface area contributed by atoms with Gasteiger partial charge in [-0.05, 0) is 0 Å². The van der Waals surface area contributed by atoms with Crippen LogP contribution in [0, 0.1) is 0 Å². The van der Waals surface area contributed by atoms with Crippen LogP contribution in [-0.2, 0) is 38.4 Å². The van der Waals surface area contributed by atoms with Crippen molar-refractivity contribution in [3.8, 4) is 0 Å². The van der Waals surface area contributed by atoms with Crippen molar-refractivity contribution in [2.75, 3.05) is 93.3 Å².